The summed E-state index contributed by atoms with van der Waals surface area (Å²) in [5.41, 5.74) is 1.81. The molecule has 1 fully saturated rings. The van der Waals surface area contributed by atoms with Gasteiger partial charge >= 0.3 is 6.03 Å². The number of nitrogens with zero attached hydrogens (tertiary/aromatic N) is 1. The van der Waals surface area contributed by atoms with Gasteiger partial charge in [0.1, 0.15) is 0 Å². The maximum Gasteiger partial charge on any atom is 0.315 e. The number of piperidine rings is 1. The Morgan fingerprint density at radius 2 is 1.95 bits per heavy atom. The van der Waals surface area contributed by atoms with Gasteiger partial charge in [0.25, 0.3) is 0 Å². The van der Waals surface area contributed by atoms with Crippen molar-refractivity contribution in [3.8, 4) is 0 Å². The second kappa shape index (κ2) is 7.26. The summed E-state index contributed by atoms with van der Waals surface area (Å²) in [5, 5.41) is 15.1. The van der Waals surface area contributed by atoms with Gasteiger partial charge in [0.15, 0.2) is 0 Å². The predicted octanol–water partition coefficient (Wildman–Crippen LogP) is 1.07. The number of likely N-dealkylation sites (tertiary alicyclic amines) is 1. The van der Waals surface area contributed by atoms with Gasteiger partial charge in [0.2, 0.25) is 0 Å². The van der Waals surface area contributed by atoms with E-state index >= 15 is 0 Å². The van der Waals surface area contributed by atoms with E-state index in [-0.39, 0.29) is 18.7 Å². The van der Waals surface area contributed by atoms with E-state index in [0.717, 1.165) is 37.1 Å². The molecule has 0 bridgehead atoms. The first-order chi connectivity index (χ1) is 9.69. The van der Waals surface area contributed by atoms with E-state index in [0.29, 0.717) is 6.54 Å². The molecule has 0 atom stereocenters. The molecule has 0 radical (unpaired) electrons. The number of hydrogen-bond donors (Lipinski definition) is 3. The van der Waals surface area contributed by atoms with Crippen LogP contribution in [0.4, 0.5) is 4.79 Å². The SMILES string of the molecule is CN1CCC(NC(=O)NCc2ccccc2CO)CC1. The number of aliphatic hydroxyl groups is 1. The number of amides is 2. The third kappa shape index (κ3) is 4.21. The number of carbonyl (C=O) groups excluding carboxylic acids is 1. The molecule has 3 N–H and O–H groups in total. The largest absolute Gasteiger partial charge is 0.392 e. The Morgan fingerprint density at radius 3 is 2.60 bits per heavy atom. The van der Waals surface area contributed by atoms with Crippen LogP contribution in [0, 0.1) is 0 Å². The predicted molar refractivity (Wildman–Crippen MR) is 78.3 cm³/mol. The highest BCUT2D eigenvalue weighted by atomic mass is 16.3. The van der Waals surface area contributed by atoms with Crippen LogP contribution in [0.15, 0.2) is 24.3 Å². The van der Waals surface area contributed by atoms with Crippen LogP contribution in [-0.4, -0.2) is 42.2 Å². The molecule has 1 aromatic carbocycles. The van der Waals surface area contributed by atoms with Crippen LogP contribution in [0.1, 0.15) is 24.0 Å². The first-order valence-electron chi connectivity index (χ1n) is 7.09. The summed E-state index contributed by atoms with van der Waals surface area (Å²) >= 11 is 0. The van der Waals surface area contributed by atoms with E-state index in [4.69, 9.17) is 0 Å². The molecule has 5 heteroatoms. The van der Waals surface area contributed by atoms with E-state index < -0.39 is 0 Å². The molecule has 5 nitrogen and oxygen atoms in total. The molecule has 0 aliphatic carbocycles. The molecule has 0 spiro atoms. The van der Waals surface area contributed by atoms with E-state index in [2.05, 4.69) is 22.6 Å². The summed E-state index contributed by atoms with van der Waals surface area (Å²) in [4.78, 5) is 14.1. The van der Waals surface area contributed by atoms with Crippen molar-refractivity contribution in [1.29, 1.82) is 0 Å². The van der Waals surface area contributed by atoms with Crippen molar-refractivity contribution in [2.45, 2.75) is 32.0 Å². The van der Waals surface area contributed by atoms with Gasteiger partial charge in [-0.05, 0) is 44.1 Å². The zero-order valence-electron chi connectivity index (χ0n) is 11.9. The van der Waals surface area contributed by atoms with Crippen LogP contribution < -0.4 is 10.6 Å². The minimum Gasteiger partial charge on any atom is -0.392 e. The number of urea groups is 1. The molecule has 20 heavy (non-hydrogen) atoms. The molecule has 1 aliphatic rings. The second-order valence-corrected chi connectivity index (χ2v) is 5.33. The fourth-order valence-electron chi connectivity index (χ4n) is 2.45. The lowest BCUT2D eigenvalue weighted by atomic mass is 10.1. The number of benzene rings is 1. The Hall–Kier alpha value is -1.59. The maximum absolute atomic E-state index is 11.9. The maximum atomic E-state index is 11.9. The molecule has 0 saturated carbocycles. The topological polar surface area (TPSA) is 64.6 Å². The van der Waals surface area contributed by atoms with Crippen molar-refractivity contribution in [2.75, 3.05) is 20.1 Å². The van der Waals surface area contributed by atoms with Crippen molar-refractivity contribution in [3.63, 3.8) is 0 Å². The van der Waals surface area contributed by atoms with Gasteiger partial charge in [-0.15, -0.1) is 0 Å². The van der Waals surface area contributed by atoms with Gasteiger partial charge in [-0.3, -0.25) is 0 Å². The van der Waals surface area contributed by atoms with Crippen molar-refractivity contribution in [2.24, 2.45) is 0 Å². The van der Waals surface area contributed by atoms with Gasteiger partial charge in [0.05, 0.1) is 6.61 Å². The van der Waals surface area contributed by atoms with E-state index in [1.54, 1.807) is 0 Å². The highest BCUT2D eigenvalue weighted by molar-refractivity contribution is 5.74. The van der Waals surface area contributed by atoms with Gasteiger partial charge in [-0.2, -0.15) is 0 Å². The van der Waals surface area contributed by atoms with E-state index in [1.807, 2.05) is 24.3 Å². The molecule has 1 aromatic rings. The van der Waals surface area contributed by atoms with Crippen molar-refractivity contribution < 1.29 is 9.90 Å². The van der Waals surface area contributed by atoms with Gasteiger partial charge in [-0.25, -0.2) is 4.79 Å². The fraction of sp³-hybridized carbons (Fsp3) is 0.533. The molecule has 110 valence electrons. The Bertz CT molecular complexity index is 442. The number of carbonyl (C=O) groups is 1. The molecule has 1 heterocycles. The van der Waals surface area contributed by atoms with Crippen LogP contribution in [-0.2, 0) is 13.2 Å². The Balaban J connectivity index is 1.77. The molecule has 1 aliphatic heterocycles. The van der Waals surface area contributed by atoms with Crippen LogP contribution in [0.5, 0.6) is 0 Å². The van der Waals surface area contributed by atoms with Gasteiger partial charge < -0.3 is 20.6 Å². The summed E-state index contributed by atoms with van der Waals surface area (Å²) in [6.45, 7) is 2.49. The Labute approximate surface area is 120 Å². The van der Waals surface area contributed by atoms with E-state index in [1.165, 1.54) is 0 Å². The lowest BCUT2D eigenvalue weighted by Crippen LogP contribution is -2.46. The first kappa shape index (κ1) is 14.8. The Kier molecular flexibility index (Phi) is 5.38. The average molecular weight is 277 g/mol. The van der Waals surface area contributed by atoms with Crippen LogP contribution in [0.2, 0.25) is 0 Å². The van der Waals surface area contributed by atoms with Crippen molar-refractivity contribution in [1.82, 2.24) is 15.5 Å². The number of aliphatic hydroxyl groups excluding tert-OH is 1. The normalized spacial score (nSPS) is 16.9. The zero-order chi connectivity index (χ0) is 14.4. The second-order valence-electron chi connectivity index (χ2n) is 5.33. The van der Waals surface area contributed by atoms with Gasteiger partial charge in [-0.1, -0.05) is 24.3 Å². The zero-order valence-corrected chi connectivity index (χ0v) is 11.9. The fourth-order valence-corrected chi connectivity index (χ4v) is 2.45. The lowest BCUT2D eigenvalue weighted by molar-refractivity contribution is 0.213. The highest BCUT2D eigenvalue weighted by Crippen LogP contribution is 2.09. The molecule has 2 amide bonds. The lowest BCUT2D eigenvalue weighted by Gasteiger charge is -2.29. The molecule has 2 rings (SSSR count). The third-order valence-electron chi connectivity index (χ3n) is 3.78. The average Bonchev–Trinajstić information content (AvgIpc) is 2.48. The molecular formula is C15H23N3O2. The monoisotopic (exact) mass is 277 g/mol. The molecule has 0 unspecified atom stereocenters. The summed E-state index contributed by atoms with van der Waals surface area (Å²) in [7, 11) is 2.10. The summed E-state index contributed by atoms with van der Waals surface area (Å²) in [5.74, 6) is 0. The summed E-state index contributed by atoms with van der Waals surface area (Å²) in [6, 6.07) is 7.71. The minimum absolute atomic E-state index is 0.00552. The summed E-state index contributed by atoms with van der Waals surface area (Å²) in [6.07, 6.45) is 1.99. The van der Waals surface area contributed by atoms with Crippen LogP contribution in [0.25, 0.3) is 0 Å². The van der Waals surface area contributed by atoms with Crippen LogP contribution >= 0.6 is 0 Å². The number of nitrogens with one attached hydrogen (secondary N) is 2. The summed E-state index contributed by atoms with van der Waals surface area (Å²) < 4.78 is 0. The smallest absolute Gasteiger partial charge is 0.315 e. The quantitative estimate of drug-likeness (QED) is 0.771. The van der Waals surface area contributed by atoms with Crippen molar-refractivity contribution >= 4 is 6.03 Å². The Morgan fingerprint density at radius 1 is 1.30 bits per heavy atom. The minimum atomic E-state index is -0.132. The van der Waals surface area contributed by atoms with E-state index in [9.17, 15) is 9.90 Å². The van der Waals surface area contributed by atoms with Gasteiger partial charge in [0, 0.05) is 12.6 Å². The number of hydrogen-bond acceptors (Lipinski definition) is 3. The highest BCUT2D eigenvalue weighted by Gasteiger charge is 2.18. The molecule has 0 aromatic heterocycles. The molecule has 1 saturated heterocycles. The molecular weight excluding hydrogens is 254 g/mol. The van der Waals surface area contributed by atoms with Crippen molar-refractivity contribution in [3.05, 3.63) is 35.4 Å². The third-order valence-corrected chi connectivity index (χ3v) is 3.78. The standard InChI is InChI=1S/C15H23N3O2/c1-18-8-6-14(7-9-18)17-15(20)16-10-12-4-2-3-5-13(12)11-19/h2-5,14,19H,6-11H2,1H3,(H2,16,17,20). The first-order valence-corrected chi connectivity index (χ1v) is 7.09. The number of rotatable bonds is 4. The van der Waals surface area contributed by atoms with Crippen LogP contribution in [0.3, 0.4) is 0 Å².